The summed E-state index contributed by atoms with van der Waals surface area (Å²) in [5.41, 5.74) is -0.540. The molecule has 0 saturated heterocycles. The van der Waals surface area contributed by atoms with E-state index in [0.29, 0.717) is 6.61 Å². The Morgan fingerprint density at radius 3 is 2.17 bits per heavy atom. The summed E-state index contributed by atoms with van der Waals surface area (Å²) >= 11 is 0. The van der Waals surface area contributed by atoms with Crippen molar-refractivity contribution < 1.29 is 19.1 Å². The number of amides is 1. The summed E-state index contributed by atoms with van der Waals surface area (Å²) < 4.78 is 10.5. The van der Waals surface area contributed by atoms with E-state index in [2.05, 4.69) is 4.90 Å². The molecule has 0 spiro atoms. The van der Waals surface area contributed by atoms with Crippen molar-refractivity contribution in [1.82, 2.24) is 9.80 Å². The highest BCUT2D eigenvalue weighted by Crippen LogP contribution is 2.11. The zero-order valence-electron chi connectivity index (χ0n) is 15.8. The molecular formula is C17H34N2O4. The molecule has 0 fully saturated rings. The lowest BCUT2D eigenvalue weighted by molar-refractivity contribution is -0.148. The second-order valence-corrected chi connectivity index (χ2v) is 7.29. The normalized spacial score (nSPS) is 12.9. The summed E-state index contributed by atoms with van der Waals surface area (Å²) in [5.74, 6) is -0.637. The van der Waals surface area contributed by atoms with Crippen LogP contribution in [0.15, 0.2) is 0 Å². The van der Waals surface area contributed by atoms with E-state index in [-0.39, 0.29) is 18.4 Å². The van der Waals surface area contributed by atoms with Crippen LogP contribution in [0, 0.1) is 5.92 Å². The molecule has 1 atom stereocenters. The third kappa shape index (κ3) is 11.9. The van der Waals surface area contributed by atoms with Crippen molar-refractivity contribution in [1.29, 1.82) is 0 Å². The maximum atomic E-state index is 11.9. The number of nitrogens with zero attached hydrogens (tertiary/aromatic N) is 2. The van der Waals surface area contributed by atoms with Gasteiger partial charge in [0.1, 0.15) is 5.60 Å². The molecule has 0 aliphatic rings. The number of carbonyl (C=O) groups excluding carboxylic acids is 2. The summed E-state index contributed by atoms with van der Waals surface area (Å²) in [4.78, 5) is 27.3. The van der Waals surface area contributed by atoms with E-state index in [4.69, 9.17) is 9.47 Å². The molecule has 6 nitrogen and oxygen atoms in total. The molecule has 0 bridgehead atoms. The number of hydrogen-bond acceptors (Lipinski definition) is 5. The average molecular weight is 330 g/mol. The summed E-state index contributed by atoms with van der Waals surface area (Å²) in [7, 11) is 5.71. The molecular weight excluding hydrogens is 296 g/mol. The van der Waals surface area contributed by atoms with Gasteiger partial charge in [0.25, 0.3) is 0 Å². The van der Waals surface area contributed by atoms with E-state index in [0.717, 1.165) is 25.8 Å². The Hall–Kier alpha value is -1.30. The topological polar surface area (TPSA) is 59.1 Å². The Morgan fingerprint density at radius 1 is 1.04 bits per heavy atom. The Balaban J connectivity index is 3.95. The molecule has 0 rings (SSSR count). The zero-order chi connectivity index (χ0) is 18.0. The fourth-order valence-electron chi connectivity index (χ4n) is 1.92. The lowest BCUT2D eigenvalue weighted by Gasteiger charge is -2.26. The molecule has 23 heavy (non-hydrogen) atoms. The number of unbranched alkanes of at least 4 members (excludes halogenated alkanes) is 2. The van der Waals surface area contributed by atoms with Crippen LogP contribution in [0.2, 0.25) is 0 Å². The van der Waals surface area contributed by atoms with Crippen LogP contribution in [-0.2, 0) is 14.3 Å². The van der Waals surface area contributed by atoms with Gasteiger partial charge >= 0.3 is 12.1 Å². The van der Waals surface area contributed by atoms with E-state index >= 15 is 0 Å². The Labute approximate surface area is 141 Å². The van der Waals surface area contributed by atoms with Gasteiger partial charge in [0.05, 0.1) is 12.5 Å². The predicted octanol–water partition coefficient (Wildman–Crippen LogP) is 2.76. The van der Waals surface area contributed by atoms with Crippen molar-refractivity contribution >= 4 is 12.1 Å². The lowest BCUT2D eigenvalue weighted by atomic mass is 10.1. The number of esters is 1. The molecule has 0 aromatic carbocycles. The first-order chi connectivity index (χ1) is 10.5. The van der Waals surface area contributed by atoms with Crippen LogP contribution in [0.3, 0.4) is 0 Å². The van der Waals surface area contributed by atoms with Gasteiger partial charge in [-0.25, -0.2) is 4.79 Å². The third-order valence-corrected chi connectivity index (χ3v) is 3.15. The lowest BCUT2D eigenvalue weighted by Crippen LogP contribution is -2.38. The summed E-state index contributed by atoms with van der Waals surface area (Å²) in [6.07, 6.45) is 2.58. The van der Waals surface area contributed by atoms with Crippen molar-refractivity contribution in [3.63, 3.8) is 0 Å². The average Bonchev–Trinajstić information content (AvgIpc) is 2.39. The molecule has 0 N–H and O–H groups in total. The first-order valence-corrected chi connectivity index (χ1v) is 8.28. The zero-order valence-corrected chi connectivity index (χ0v) is 15.8. The predicted molar refractivity (Wildman–Crippen MR) is 91.4 cm³/mol. The summed E-state index contributed by atoms with van der Waals surface area (Å²) in [6, 6.07) is 0. The first-order valence-electron chi connectivity index (χ1n) is 8.28. The van der Waals surface area contributed by atoms with E-state index < -0.39 is 11.7 Å². The van der Waals surface area contributed by atoms with Crippen molar-refractivity contribution in [2.75, 3.05) is 40.8 Å². The molecule has 0 radical (unpaired) electrons. The van der Waals surface area contributed by atoms with E-state index in [1.54, 1.807) is 14.0 Å². The molecule has 0 aromatic rings. The van der Waals surface area contributed by atoms with Gasteiger partial charge in [0.15, 0.2) is 0 Å². The standard InChI is InChI=1S/C17H34N2O4/c1-14(13-19(7)16(21)23-17(2,3)4)15(20)22-12-10-8-9-11-18(5)6/h14H,8-13H2,1-7H3. The Kier molecular flexibility index (Phi) is 9.88. The van der Waals surface area contributed by atoms with Crippen molar-refractivity contribution in [3.8, 4) is 0 Å². The largest absolute Gasteiger partial charge is 0.465 e. The van der Waals surface area contributed by atoms with Gasteiger partial charge in [-0.3, -0.25) is 4.79 Å². The number of rotatable bonds is 9. The molecule has 6 heteroatoms. The monoisotopic (exact) mass is 330 g/mol. The van der Waals surface area contributed by atoms with Crippen LogP contribution < -0.4 is 0 Å². The van der Waals surface area contributed by atoms with Gasteiger partial charge in [-0.05, 0) is 60.7 Å². The van der Waals surface area contributed by atoms with Crippen LogP contribution in [0.5, 0.6) is 0 Å². The van der Waals surface area contributed by atoms with Gasteiger partial charge < -0.3 is 19.3 Å². The summed E-state index contributed by atoms with van der Waals surface area (Å²) in [6.45, 7) is 8.97. The molecule has 1 unspecified atom stereocenters. The van der Waals surface area contributed by atoms with Crippen molar-refractivity contribution in [2.45, 2.75) is 52.6 Å². The Bertz CT molecular complexity index is 364. The van der Waals surface area contributed by atoms with Crippen LogP contribution in [-0.4, -0.2) is 68.3 Å². The third-order valence-electron chi connectivity index (χ3n) is 3.15. The quantitative estimate of drug-likeness (QED) is 0.480. The molecule has 0 heterocycles. The smallest absolute Gasteiger partial charge is 0.410 e. The minimum atomic E-state index is -0.540. The second kappa shape index (κ2) is 10.5. The van der Waals surface area contributed by atoms with Crippen LogP contribution >= 0.6 is 0 Å². The molecule has 0 saturated carbocycles. The maximum Gasteiger partial charge on any atom is 0.410 e. The summed E-state index contributed by atoms with van der Waals surface area (Å²) in [5, 5.41) is 0. The van der Waals surface area contributed by atoms with Gasteiger partial charge in [-0.15, -0.1) is 0 Å². The molecule has 0 aliphatic heterocycles. The molecule has 0 aromatic heterocycles. The minimum Gasteiger partial charge on any atom is -0.465 e. The molecule has 1 amide bonds. The van der Waals surface area contributed by atoms with Crippen molar-refractivity contribution in [2.24, 2.45) is 5.92 Å². The Morgan fingerprint density at radius 2 is 1.65 bits per heavy atom. The van der Waals surface area contributed by atoms with Gasteiger partial charge in [0.2, 0.25) is 0 Å². The second-order valence-electron chi connectivity index (χ2n) is 7.29. The van der Waals surface area contributed by atoms with Crippen LogP contribution in [0.4, 0.5) is 4.79 Å². The van der Waals surface area contributed by atoms with Gasteiger partial charge in [-0.1, -0.05) is 6.92 Å². The minimum absolute atomic E-state index is 0.270. The molecule has 136 valence electrons. The fraction of sp³-hybridized carbons (Fsp3) is 0.882. The van der Waals surface area contributed by atoms with Gasteiger partial charge in [0, 0.05) is 13.6 Å². The van der Waals surface area contributed by atoms with Crippen LogP contribution in [0.1, 0.15) is 47.0 Å². The van der Waals surface area contributed by atoms with E-state index in [1.807, 2.05) is 34.9 Å². The van der Waals surface area contributed by atoms with Crippen molar-refractivity contribution in [3.05, 3.63) is 0 Å². The first kappa shape index (κ1) is 21.7. The number of carbonyl (C=O) groups is 2. The highest BCUT2D eigenvalue weighted by Gasteiger charge is 2.23. The maximum absolute atomic E-state index is 11.9. The molecule has 0 aliphatic carbocycles. The number of hydrogen-bond donors (Lipinski definition) is 0. The SMILES string of the molecule is CC(CN(C)C(=O)OC(C)(C)C)C(=O)OCCCCCN(C)C. The highest BCUT2D eigenvalue weighted by atomic mass is 16.6. The fourth-order valence-corrected chi connectivity index (χ4v) is 1.92. The number of ether oxygens (including phenoxy) is 2. The van der Waals surface area contributed by atoms with Gasteiger partial charge in [-0.2, -0.15) is 0 Å². The van der Waals surface area contributed by atoms with E-state index in [9.17, 15) is 9.59 Å². The van der Waals surface area contributed by atoms with Crippen LogP contribution in [0.25, 0.3) is 0 Å². The van der Waals surface area contributed by atoms with E-state index in [1.165, 1.54) is 4.90 Å². The highest BCUT2D eigenvalue weighted by molar-refractivity contribution is 5.74.